The maximum Gasteiger partial charge on any atom is 0.416 e. The fourth-order valence-corrected chi connectivity index (χ4v) is 2.30. The first kappa shape index (κ1) is 18.3. The maximum absolute atomic E-state index is 13.0. The highest BCUT2D eigenvalue weighted by atomic mass is 19.4. The number of ether oxygens (including phenoxy) is 1. The van der Waals surface area contributed by atoms with Crippen LogP contribution >= 0.6 is 0 Å². The molecule has 0 radical (unpaired) electrons. The number of rotatable bonds is 5. The number of nitrogens with two attached hydrogens (primary N) is 1. The first-order valence-electron chi connectivity index (χ1n) is 7.06. The molecular weight excluding hydrogens is 339 g/mol. The van der Waals surface area contributed by atoms with Crippen LogP contribution in [0.25, 0.3) is 11.1 Å². The minimum Gasteiger partial charge on any atom is -0.481 e. The number of benzene rings is 2. The quantitative estimate of drug-likeness (QED) is 0.863. The molecular formula is C17H14F3NO4. The number of halogens is 3. The van der Waals surface area contributed by atoms with Crippen LogP contribution in [0.4, 0.5) is 13.2 Å². The van der Waals surface area contributed by atoms with Crippen LogP contribution in [0.3, 0.4) is 0 Å². The van der Waals surface area contributed by atoms with Gasteiger partial charge in [-0.15, -0.1) is 0 Å². The van der Waals surface area contributed by atoms with Crippen molar-refractivity contribution in [2.75, 3.05) is 6.61 Å². The van der Waals surface area contributed by atoms with Gasteiger partial charge in [-0.05, 0) is 48.4 Å². The topological polar surface area (TPSA) is 89.6 Å². The summed E-state index contributed by atoms with van der Waals surface area (Å²) in [6.45, 7) is 0.903. The van der Waals surface area contributed by atoms with Crippen molar-refractivity contribution in [3.8, 4) is 16.9 Å². The highest BCUT2D eigenvalue weighted by molar-refractivity contribution is 5.94. The molecule has 0 fully saturated rings. The minimum absolute atomic E-state index is 0.00896. The lowest BCUT2D eigenvalue weighted by molar-refractivity contribution is -0.140. The third-order valence-corrected chi connectivity index (χ3v) is 3.46. The molecule has 8 heteroatoms. The molecule has 0 saturated carbocycles. The number of primary amides is 1. The lowest BCUT2D eigenvalue weighted by Gasteiger charge is -2.16. The van der Waals surface area contributed by atoms with Gasteiger partial charge in [-0.3, -0.25) is 4.79 Å². The molecule has 1 amide bonds. The molecule has 0 aromatic heterocycles. The molecule has 5 nitrogen and oxygen atoms in total. The van der Waals surface area contributed by atoms with Crippen molar-refractivity contribution in [1.82, 2.24) is 0 Å². The lowest BCUT2D eigenvalue weighted by Crippen LogP contribution is -2.12. The number of carbonyl (C=O) groups excluding carboxylic acids is 1. The molecule has 2 aromatic rings. The van der Waals surface area contributed by atoms with Gasteiger partial charge in [-0.25, -0.2) is 4.79 Å². The van der Waals surface area contributed by atoms with E-state index in [2.05, 4.69) is 0 Å². The standard InChI is InChI=1S/C17H14F3NO4/c1-9-6-10(16(21)24)2-4-12(9)13-7-11(17(18,19)20)3-5-14(13)25-8-15(22)23/h2-7H,8H2,1H3,(H2,21,24)(H,22,23). The average Bonchev–Trinajstić information content (AvgIpc) is 2.51. The highest BCUT2D eigenvalue weighted by Crippen LogP contribution is 2.38. The van der Waals surface area contributed by atoms with Crippen LogP contribution in [0.5, 0.6) is 5.75 Å². The second-order valence-electron chi connectivity index (χ2n) is 5.29. The molecule has 0 unspecified atom stereocenters. The van der Waals surface area contributed by atoms with E-state index in [1.807, 2.05) is 0 Å². The molecule has 0 aliphatic heterocycles. The third kappa shape index (κ3) is 4.28. The number of carboxylic acids is 1. The SMILES string of the molecule is Cc1cc(C(N)=O)ccc1-c1cc(C(F)(F)F)ccc1OCC(=O)O. The summed E-state index contributed by atoms with van der Waals surface area (Å²) in [6, 6.07) is 7.03. The minimum atomic E-state index is -4.57. The molecule has 0 bridgehead atoms. The van der Waals surface area contributed by atoms with Crippen molar-refractivity contribution in [1.29, 1.82) is 0 Å². The summed E-state index contributed by atoms with van der Waals surface area (Å²) in [5, 5.41) is 8.72. The van der Waals surface area contributed by atoms with Crippen molar-refractivity contribution in [2.45, 2.75) is 13.1 Å². The summed E-state index contributed by atoms with van der Waals surface area (Å²) < 4.78 is 44.1. The summed E-state index contributed by atoms with van der Waals surface area (Å²) in [7, 11) is 0. The Bertz CT molecular complexity index is 831. The van der Waals surface area contributed by atoms with E-state index in [4.69, 9.17) is 15.6 Å². The Kier molecular flexibility index (Phi) is 5.01. The van der Waals surface area contributed by atoms with Gasteiger partial charge in [-0.2, -0.15) is 13.2 Å². The van der Waals surface area contributed by atoms with E-state index in [1.54, 1.807) is 6.92 Å². The van der Waals surface area contributed by atoms with Gasteiger partial charge in [0.05, 0.1) is 5.56 Å². The predicted molar refractivity (Wildman–Crippen MR) is 83.3 cm³/mol. The summed E-state index contributed by atoms with van der Waals surface area (Å²) in [6.07, 6.45) is -4.57. The first-order chi connectivity index (χ1) is 11.6. The van der Waals surface area contributed by atoms with Crippen LogP contribution in [-0.2, 0) is 11.0 Å². The molecule has 0 aliphatic carbocycles. The zero-order chi connectivity index (χ0) is 18.8. The number of carbonyl (C=O) groups is 2. The molecule has 0 saturated heterocycles. The van der Waals surface area contributed by atoms with Crippen molar-refractivity contribution < 1.29 is 32.6 Å². The van der Waals surface area contributed by atoms with Gasteiger partial charge in [0.2, 0.25) is 5.91 Å². The van der Waals surface area contributed by atoms with E-state index in [-0.39, 0.29) is 16.9 Å². The van der Waals surface area contributed by atoms with Gasteiger partial charge in [0.15, 0.2) is 6.61 Å². The van der Waals surface area contributed by atoms with Crippen molar-refractivity contribution in [3.05, 3.63) is 53.1 Å². The smallest absolute Gasteiger partial charge is 0.416 e. The first-order valence-corrected chi connectivity index (χ1v) is 7.06. The number of amides is 1. The predicted octanol–water partition coefficient (Wildman–Crippen LogP) is 3.24. The molecule has 25 heavy (non-hydrogen) atoms. The Hall–Kier alpha value is -3.03. The van der Waals surface area contributed by atoms with Gasteiger partial charge in [0.25, 0.3) is 0 Å². The molecule has 3 N–H and O–H groups in total. The monoisotopic (exact) mass is 353 g/mol. The third-order valence-electron chi connectivity index (χ3n) is 3.46. The molecule has 132 valence electrons. The number of alkyl halides is 3. The second kappa shape index (κ2) is 6.84. The molecule has 0 spiro atoms. The van der Waals surface area contributed by atoms with E-state index < -0.39 is 30.2 Å². The zero-order valence-electron chi connectivity index (χ0n) is 13.1. The molecule has 0 atom stereocenters. The molecule has 0 aliphatic rings. The van der Waals surface area contributed by atoms with Gasteiger partial charge >= 0.3 is 12.1 Å². The number of hydrogen-bond acceptors (Lipinski definition) is 3. The molecule has 0 heterocycles. The van der Waals surface area contributed by atoms with Crippen molar-refractivity contribution in [3.63, 3.8) is 0 Å². The van der Waals surface area contributed by atoms with Crippen LogP contribution < -0.4 is 10.5 Å². The lowest BCUT2D eigenvalue weighted by atomic mass is 9.96. The van der Waals surface area contributed by atoms with E-state index in [0.717, 1.165) is 18.2 Å². The van der Waals surface area contributed by atoms with Crippen LogP contribution in [0, 0.1) is 6.92 Å². The number of aryl methyl sites for hydroxylation is 1. The highest BCUT2D eigenvalue weighted by Gasteiger charge is 2.31. The Morgan fingerprint density at radius 1 is 1.12 bits per heavy atom. The fourth-order valence-electron chi connectivity index (χ4n) is 2.30. The van der Waals surface area contributed by atoms with E-state index in [1.165, 1.54) is 18.2 Å². The number of carboxylic acid groups (broad SMARTS) is 1. The molecule has 2 rings (SSSR count). The number of hydrogen-bond donors (Lipinski definition) is 2. The van der Waals surface area contributed by atoms with Gasteiger partial charge < -0.3 is 15.6 Å². The van der Waals surface area contributed by atoms with Gasteiger partial charge in [0, 0.05) is 11.1 Å². The maximum atomic E-state index is 13.0. The molecule has 2 aromatic carbocycles. The zero-order valence-corrected chi connectivity index (χ0v) is 13.1. The van der Waals surface area contributed by atoms with E-state index >= 15 is 0 Å². The Balaban J connectivity index is 2.59. The van der Waals surface area contributed by atoms with Gasteiger partial charge in [-0.1, -0.05) is 6.07 Å². The van der Waals surface area contributed by atoms with Crippen LogP contribution in [0.1, 0.15) is 21.5 Å². The van der Waals surface area contributed by atoms with Crippen LogP contribution in [0.15, 0.2) is 36.4 Å². The average molecular weight is 353 g/mol. The number of aliphatic carboxylic acids is 1. The van der Waals surface area contributed by atoms with E-state index in [9.17, 15) is 22.8 Å². The van der Waals surface area contributed by atoms with E-state index in [0.29, 0.717) is 11.1 Å². The summed E-state index contributed by atoms with van der Waals surface area (Å²) in [5.74, 6) is -1.93. The summed E-state index contributed by atoms with van der Waals surface area (Å²) in [5.41, 5.74) is 5.44. The van der Waals surface area contributed by atoms with Crippen molar-refractivity contribution in [2.24, 2.45) is 5.73 Å². The van der Waals surface area contributed by atoms with Crippen molar-refractivity contribution >= 4 is 11.9 Å². The summed E-state index contributed by atoms with van der Waals surface area (Å²) >= 11 is 0. The van der Waals surface area contributed by atoms with Crippen LogP contribution in [-0.4, -0.2) is 23.6 Å². The Morgan fingerprint density at radius 3 is 2.32 bits per heavy atom. The largest absolute Gasteiger partial charge is 0.481 e. The van der Waals surface area contributed by atoms with Gasteiger partial charge in [0.1, 0.15) is 5.75 Å². The normalized spacial score (nSPS) is 11.2. The Morgan fingerprint density at radius 2 is 1.80 bits per heavy atom. The fraction of sp³-hybridized carbons (Fsp3) is 0.176. The Labute approximate surface area is 140 Å². The van der Waals surface area contributed by atoms with Crippen LogP contribution in [0.2, 0.25) is 0 Å². The second-order valence-corrected chi connectivity index (χ2v) is 5.29. The summed E-state index contributed by atoms with van der Waals surface area (Å²) in [4.78, 5) is 21.9.